The third-order valence-electron chi connectivity index (χ3n) is 2.55. The molecule has 1 aromatic rings. The molecule has 2 amide bonds. The van der Waals surface area contributed by atoms with Crippen LogP contribution in [0.5, 0.6) is 0 Å². The molecule has 1 rings (SSSR count). The highest BCUT2D eigenvalue weighted by molar-refractivity contribution is 6.35. The molecule has 0 spiro atoms. The van der Waals surface area contributed by atoms with Crippen molar-refractivity contribution in [1.29, 1.82) is 0 Å². The van der Waals surface area contributed by atoms with Crippen LogP contribution in [-0.4, -0.2) is 18.6 Å². The Balaban J connectivity index is 2.67. The first-order valence-corrected chi connectivity index (χ1v) is 6.42. The van der Waals surface area contributed by atoms with E-state index in [9.17, 15) is 4.79 Å². The van der Waals surface area contributed by atoms with Crippen molar-refractivity contribution in [2.24, 2.45) is 11.7 Å². The smallest absolute Gasteiger partial charge is 0.319 e. The maximum absolute atomic E-state index is 11.8. The van der Waals surface area contributed by atoms with E-state index in [1.165, 1.54) is 0 Å². The van der Waals surface area contributed by atoms with Crippen molar-refractivity contribution in [3.63, 3.8) is 0 Å². The van der Waals surface area contributed by atoms with E-state index in [1.807, 2.05) is 13.8 Å². The van der Waals surface area contributed by atoms with Crippen molar-refractivity contribution < 1.29 is 4.79 Å². The summed E-state index contributed by atoms with van der Waals surface area (Å²) in [6.07, 6.45) is 0. The van der Waals surface area contributed by atoms with Gasteiger partial charge in [-0.15, -0.1) is 0 Å². The van der Waals surface area contributed by atoms with Gasteiger partial charge in [0.1, 0.15) is 0 Å². The summed E-state index contributed by atoms with van der Waals surface area (Å²) in [5, 5.41) is 6.38. The Labute approximate surface area is 117 Å². The zero-order valence-electron chi connectivity index (χ0n) is 10.3. The molecule has 100 valence electrons. The van der Waals surface area contributed by atoms with Crippen molar-refractivity contribution in [3.8, 4) is 0 Å². The minimum atomic E-state index is -0.344. The highest BCUT2D eigenvalue weighted by Gasteiger charge is 2.15. The average Bonchev–Trinajstić information content (AvgIpc) is 2.30. The lowest BCUT2D eigenvalue weighted by Gasteiger charge is -2.21. The van der Waals surface area contributed by atoms with Gasteiger partial charge in [-0.3, -0.25) is 0 Å². The van der Waals surface area contributed by atoms with Gasteiger partial charge in [-0.05, 0) is 24.1 Å². The van der Waals surface area contributed by atoms with E-state index in [-0.39, 0.29) is 18.0 Å². The Kier molecular flexibility index (Phi) is 5.72. The third kappa shape index (κ3) is 4.37. The van der Waals surface area contributed by atoms with Gasteiger partial charge >= 0.3 is 6.03 Å². The fourth-order valence-electron chi connectivity index (χ4n) is 1.42. The fraction of sp³-hybridized carbons (Fsp3) is 0.417. The lowest BCUT2D eigenvalue weighted by atomic mass is 10.1. The molecule has 1 unspecified atom stereocenters. The number of amides is 2. The van der Waals surface area contributed by atoms with E-state index in [4.69, 9.17) is 28.9 Å². The van der Waals surface area contributed by atoms with Gasteiger partial charge in [0.15, 0.2) is 0 Å². The Bertz CT molecular complexity index is 424. The summed E-state index contributed by atoms with van der Waals surface area (Å²) in [5.74, 6) is 0.260. The highest BCUT2D eigenvalue weighted by atomic mass is 35.5. The topological polar surface area (TPSA) is 67.1 Å². The molecule has 0 aromatic heterocycles. The van der Waals surface area contributed by atoms with Gasteiger partial charge in [-0.1, -0.05) is 37.0 Å². The zero-order chi connectivity index (χ0) is 13.7. The molecule has 6 heteroatoms. The first kappa shape index (κ1) is 15.1. The quantitative estimate of drug-likeness (QED) is 0.797. The van der Waals surface area contributed by atoms with E-state index in [0.29, 0.717) is 22.3 Å². The number of benzene rings is 1. The SMILES string of the molecule is CC(C)C(CN)NC(=O)Nc1cc(Cl)ccc1Cl. The summed E-state index contributed by atoms with van der Waals surface area (Å²) in [5.41, 5.74) is 6.05. The summed E-state index contributed by atoms with van der Waals surface area (Å²) >= 11 is 11.8. The number of hydrogen-bond donors (Lipinski definition) is 3. The number of anilines is 1. The Morgan fingerprint density at radius 2 is 2.06 bits per heavy atom. The van der Waals surface area contributed by atoms with Crippen molar-refractivity contribution in [2.45, 2.75) is 19.9 Å². The summed E-state index contributed by atoms with van der Waals surface area (Å²) in [6.45, 7) is 4.36. The van der Waals surface area contributed by atoms with Crippen LogP contribution in [-0.2, 0) is 0 Å². The van der Waals surface area contributed by atoms with Crippen LogP contribution in [0, 0.1) is 5.92 Å². The Morgan fingerprint density at radius 1 is 1.39 bits per heavy atom. The molecule has 0 aliphatic carbocycles. The molecular formula is C12H17Cl2N3O. The highest BCUT2D eigenvalue weighted by Crippen LogP contribution is 2.25. The van der Waals surface area contributed by atoms with Crippen LogP contribution >= 0.6 is 23.2 Å². The third-order valence-corrected chi connectivity index (χ3v) is 3.12. The first-order chi connectivity index (χ1) is 8.43. The molecule has 0 aliphatic rings. The number of nitrogens with two attached hydrogens (primary N) is 1. The normalized spacial score (nSPS) is 12.3. The number of carbonyl (C=O) groups is 1. The molecule has 1 aromatic carbocycles. The second-order valence-corrected chi connectivity index (χ2v) is 5.15. The molecule has 4 nitrogen and oxygen atoms in total. The van der Waals surface area contributed by atoms with Crippen LogP contribution in [0.1, 0.15) is 13.8 Å². The van der Waals surface area contributed by atoms with Gasteiger partial charge in [0, 0.05) is 17.6 Å². The fourth-order valence-corrected chi connectivity index (χ4v) is 1.75. The lowest BCUT2D eigenvalue weighted by molar-refractivity contribution is 0.245. The van der Waals surface area contributed by atoms with Gasteiger partial charge in [0.2, 0.25) is 0 Å². The van der Waals surface area contributed by atoms with Gasteiger partial charge in [-0.2, -0.15) is 0 Å². The van der Waals surface area contributed by atoms with Crippen molar-refractivity contribution in [1.82, 2.24) is 5.32 Å². The molecule has 0 aliphatic heterocycles. The monoisotopic (exact) mass is 289 g/mol. The largest absolute Gasteiger partial charge is 0.334 e. The predicted octanol–water partition coefficient (Wildman–Crippen LogP) is 3.10. The summed E-state index contributed by atoms with van der Waals surface area (Å²) < 4.78 is 0. The second-order valence-electron chi connectivity index (χ2n) is 4.31. The summed E-state index contributed by atoms with van der Waals surface area (Å²) in [4.78, 5) is 11.8. The first-order valence-electron chi connectivity index (χ1n) is 5.66. The summed E-state index contributed by atoms with van der Waals surface area (Å²) in [7, 11) is 0. The van der Waals surface area contributed by atoms with E-state index in [2.05, 4.69) is 10.6 Å². The van der Waals surface area contributed by atoms with Crippen LogP contribution in [0.4, 0.5) is 10.5 Å². The lowest BCUT2D eigenvalue weighted by Crippen LogP contribution is -2.45. The molecule has 0 bridgehead atoms. The predicted molar refractivity (Wildman–Crippen MR) is 76.3 cm³/mol. The molecule has 18 heavy (non-hydrogen) atoms. The number of halogens is 2. The molecule has 0 saturated carbocycles. The Hall–Kier alpha value is -0.970. The van der Waals surface area contributed by atoms with Crippen LogP contribution in [0.25, 0.3) is 0 Å². The van der Waals surface area contributed by atoms with Crippen molar-refractivity contribution in [3.05, 3.63) is 28.2 Å². The number of urea groups is 1. The van der Waals surface area contributed by atoms with E-state index < -0.39 is 0 Å². The minimum Gasteiger partial charge on any atom is -0.334 e. The number of carbonyl (C=O) groups excluding carboxylic acids is 1. The molecule has 0 saturated heterocycles. The number of hydrogen-bond acceptors (Lipinski definition) is 2. The molecule has 4 N–H and O–H groups in total. The van der Waals surface area contributed by atoms with Crippen LogP contribution in [0.2, 0.25) is 10.0 Å². The van der Waals surface area contributed by atoms with Crippen LogP contribution < -0.4 is 16.4 Å². The van der Waals surface area contributed by atoms with Gasteiger partial charge < -0.3 is 16.4 Å². The zero-order valence-corrected chi connectivity index (χ0v) is 11.8. The van der Waals surface area contributed by atoms with E-state index in [1.54, 1.807) is 18.2 Å². The average molecular weight is 290 g/mol. The molecule has 0 heterocycles. The second kappa shape index (κ2) is 6.83. The van der Waals surface area contributed by atoms with Crippen molar-refractivity contribution >= 4 is 34.9 Å². The van der Waals surface area contributed by atoms with Crippen molar-refractivity contribution in [2.75, 3.05) is 11.9 Å². The molecular weight excluding hydrogens is 273 g/mol. The van der Waals surface area contributed by atoms with Gasteiger partial charge in [-0.25, -0.2) is 4.79 Å². The van der Waals surface area contributed by atoms with E-state index >= 15 is 0 Å². The van der Waals surface area contributed by atoms with Gasteiger partial charge in [0.05, 0.1) is 10.7 Å². The number of nitrogens with one attached hydrogen (secondary N) is 2. The maximum Gasteiger partial charge on any atom is 0.319 e. The minimum absolute atomic E-state index is 0.0806. The van der Waals surface area contributed by atoms with Gasteiger partial charge in [0.25, 0.3) is 0 Å². The Morgan fingerprint density at radius 3 is 2.61 bits per heavy atom. The molecule has 1 atom stereocenters. The van der Waals surface area contributed by atoms with Crippen LogP contribution in [0.3, 0.4) is 0 Å². The molecule has 0 radical (unpaired) electrons. The molecule has 0 fully saturated rings. The summed E-state index contributed by atoms with van der Waals surface area (Å²) in [6, 6.07) is 4.45. The standard InChI is InChI=1S/C12H17Cl2N3O/c1-7(2)11(6-15)17-12(18)16-10-5-8(13)3-4-9(10)14/h3-5,7,11H,6,15H2,1-2H3,(H2,16,17,18). The maximum atomic E-state index is 11.8. The number of rotatable bonds is 4. The van der Waals surface area contributed by atoms with Crippen LogP contribution in [0.15, 0.2) is 18.2 Å². The van der Waals surface area contributed by atoms with E-state index in [0.717, 1.165) is 0 Å².